The van der Waals surface area contributed by atoms with Crippen molar-refractivity contribution in [3.63, 3.8) is 0 Å². The van der Waals surface area contributed by atoms with Crippen molar-refractivity contribution in [3.05, 3.63) is 212 Å². The maximum absolute atomic E-state index is 13.1. The average molecular weight is 1200 g/mol. The SMILES string of the molecule is CCC1=C(C)C2=NC1=CC1=C(C)C3=C(O)CC(=C4NC(=C(C#Cc5ccc(C6=C7NC(=C8CC(O)=C9C8=NC(=C9C)C=C8N=C(C=C9N=C6C(C)=C9CC)C(C)=C8CC)[C@@H](CCC(=O)OC)[C@@H]7C)cc5)C5=NC(=C2)C(CC)=C5C)[C@@H](C)[C@@H]4CCC(=O)OC)C3=N1. The zero-order chi connectivity index (χ0) is 63.5. The second-order valence-corrected chi connectivity index (χ2v) is 25.3. The van der Waals surface area contributed by atoms with Crippen LogP contribution in [-0.4, -0.2) is 70.6 Å². The number of esters is 2. The van der Waals surface area contributed by atoms with Gasteiger partial charge in [0, 0.05) is 106 Å². The van der Waals surface area contributed by atoms with Crippen molar-refractivity contribution in [2.24, 2.45) is 53.6 Å². The number of methoxy groups -OCH3 is 2. The summed E-state index contributed by atoms with van der Waals surface area (Å²) >= 11 is 0. The van der Waals surface area contributed by atoms with Gasteiger partial charge in [-0.2, -0.15) is 0 Å². The maximum atomic E-state index is 13.1. The number of allylic oxidation sites excluding steroid dienone is 24. The minimum Gasteiger partial charge on any atom is -0.511 e. The Morgan fingerprint density at radius 1 is 0.500 bits per heavy atom. The van der Waals surface area contributed by atoms with Gasteiger partial charge in [-0.05, 0) is 178 Å². The summed E-state index contributed by atoms with van der Waals surface area (Å²) in [5.74, 6) is 6.73. The Balaban J connectivity index is 0.991. The van der Waals surface area contributed by atoms with E-state index in [0.717, 1.165) is 217 Å². The lowest BCUT2D eigenvalue weighted by molar-refractivity contribution is -0.141. The van der Waals surface area contributed by atoms with Gasteiger partial charge in [0.15, 0.2) is 0 Å². The quantitative estimate of drug-likeness (QED) is 0.124. The van der Waals surface area contributed by atoms with Crippen molar-refractivity contribution in [1.82, 2.24) is 10.6 Å². The first-order chi connectivity index (χ1) is 43.3. The van der Waals surface area contributed by atoms with Crippen LogP contribution in [0.4, 0.5) is 0 Å². The lowest BCUT2D eigenvalue weighted by atomic mass is 9.83. The number of carbonyl (C=O) groups excluding carboxylic acids is 2. The van der Waals surface area contributed by atoms with Crippen LogP contribution in [0, 0.1) is 35.5 Å². The molecule has 0 spiro atoms. The summed E-state index contributed by atoms with van der Waals surface area (Å²) < 4.78 is 10.5. The Labute approximate surface area is 527 Å². The van der Waals surface area contributed by atoms with Crippen LogP contribution in [0.2, 0.25) is 0 Å². The van der Waals surface area contributed by atoms with E-state index in [0.29, 0.717) is 25.7 Å². The molecule has 4 atom stereocenters. The molecule has 0 saturated carbocycles. The van der Waals surface area contributed by atoms with E-state index in [2.05, 4.69) is 140 Å². The molecule has 458 valence electrons. The van der Waals surface area contributed by atoms with E-state index in [1.54, 1.807) is 0 Å². The van der Waals surface area contributed by atoms with Gasteiger partial charge in [0.1, 0.15) is 11.5 Å². The van der Waals surface area contributed by atoms with Crippen molar-refractivity contribution in [1.29, 1.82) is 0 Å². The van der Waals surface area contributed by atoms with Gasteiger partial charge in [-0.3, -0.25) is 9.59 Å². The third-order valence-corrected chi connectivity index (χ3v) is 20.6. The van der Waals surface area contributed by atoms with Gasteiger partial charge in [-0.15, -0.1) is 0 Å². The third kappa shape index (κ3) is 9.52. The third-order valence-electron chi connectivity index (χ3n) is 20.6. The highest BCUT2D eigenvalue weighted by Crippen LogP contribution is 2.51. The van der Waals surface area contributed by atoms with E-state index in [4.69, 9.17) is 39.4 Å². The van der Waals surface area contributed by atoms with Gasteiger partial charge in [0.2, 0.25) is 0 Å². The first-order valence-electron chi connectivity index (χ1n) is 32.1. The Kier molecular flexibility index (Phi) is 15.3. The zero-order valence-corrected chi connectivity index (χ0v) is 54.2. The van der Waals surface area contributed by atoms with Crippen molar-refractivity contribution in [3.8, 4) is 11.8 Å². The highest BCUT2D eigenvalue weighted by Gasteiger charge is 2.45. The number of fused-ring (bicyclic) bond motifs is 10. The molecular weight excluding hydrogens is 1120 g/mol. The van der Waals surface area contributed by atoms with Gasteiger partial charge >= 0.3 is 11.9 Å². The number of ether oxygens (including phenoxy) is 2. The maximum Gasteiger partial charge on any atom is 0.305 e. The van der Waals surface area contributed by atoms with Crippen LogP contribution in [0.3, 0.4) is 0 Å². The monoisotopic (exact) mass is 1200 g/mol. The molecule has 0 radical (unpaired) electrons. The molecule has 2 saturated heterocycles. The number of carbonyl (C=O) groups is 2. The molecular formula is C76H78N8O6. The van der Waals surface area contributed by atoms with Gasteiger partial charge in [0.25, 0.3) is 0 Å². The Morgan fingerprint density at radius 2 is 0.922 bits per heavy atom. The largest absolute Gasteiger partial charge is 0.511 e. The Morgan fingerprint density at radius 3 is 1.39 bits per heavy atom. The van der Waals surface area contributed by atoms with Crippen LogP contribution >= 0.6 is 0 Å². The fourth-order valence-electron chi connectivity index (χ4n) is 15.6. The van der Waals surface area contributed by atoms with E-state index < -0.39 is 0 Å². The topological polar surface area (TPSA) is 191 Å². The number of hydrogen-bond donors (Lipinski definition) is 4. The average Bonchev–Trinajstić information content (AvgIpc) is 1.61. The minimum atomic E-state index is -0.290. The lowest BCUT2D eigenvalue weighted by Gasteiger charge is -2.19. The molecule has 0 aromatic heterocycles. The minimum absolute atomic E-state index is 0.131. The number of hydrogen-bond acceptors (Lipinski definition) is 14. The van der Waals surface area contributed by atoms with Crippen molar-refractivity contribution in [2.75, 3.05) is 14.2 Å². The van der Waals surface area contributed by atoms with E-state index in [1.165, 1.54) is 14.2 Å². The Bertz CT molecular complexity index is 4430. The van der Waals surface area contributed by atoms with Crippen molar-refractivity contribution < 1.29 is 29.3 Å². The number of benzene rings is 1. The predicted octanol–water partition coefficient (Wildman–Crippen LogP) is 15.3. The number of nitrogens with one attached hydrogen (secondary N) is 2. The molecule has 10 aliphatic heterocycles. The predicted molar refractivity (Wildman–Crippen MR) is 358 cm³/mol. The van der Waals surface area contributed by atoms with Gasteiger partial charge in [-0.25, -0.2) is 30.0 Å². The number of nitrogens with zero attached hydrogens (tertiary/aromatic N) is 6. The van der Waals surface area contributed by atoms with E-state index in [1.807, 2.05) is 13.8 Å². The molecule has 0 amide bonds. The molecule has 4 N–H and O–H groups in total. The molecule has 13 rings (SSSR count). The molecule has 1 aromatic carbocycles. The summed E-state index contributed by atoms with van der Waals surface area (Å²) in [5, 5.41) is 31.7. The van der Waals surface area contributed by atoms with Crippen LogP contribution in [0.15, 0.2) is 231 Å². The molecule has 12 aliphatic rings. The van der Waals surface area contributed by atoms with Crippen molar-refractivity contribution in [2.45, 2.75) is 147 Å². The van der Waals surface area contributed by atoms with Gasteiger partial charge in [0.05, 0.1) is 88.2 Å². The molecule has 16 bridgehead atoms. The molecule has 0 unspecified atom stereocenters. The summed E-state index contributed by atoms with van der Waals surface area (Å²) in [6, 6.07) is 8.43. The van der Waals surface area contributed by atoms with Crippen LogP contribution in [-0.2, 0) is 19.1 Å². The molecule has 14 nitrogen and oxygen atoms in total. The van der Waals surface area contributed by atoms with E-state index >= 15 is 0 Å². The molecule has 10 heterocycles. The van der Waals surface area contributed by atoms with Crippen LogP contribution in [0.25, 0.3) is 5.57 Å². The fraction of sp³-hybridized carbons (Fsp3) is 0.368. The number of aliphatic hydroxyl groups excluding tert-OH is 2. The summed E-state index contributed by atoms with van der Waals surface area (Å²) in [6.07, 6.45) is 13.5. The van der Waals surface area contributed by atoms with Gasteiger partial charge < -0.3 is 30.3 Å². The number of aliphatic imine (C=N–C) groups is 6. The summed E-state index contributed by atoms with van der Waals surface area (Å²) in [7, 11) is 2.86. The highest BCUT2D eigenvalue weighted by molar-refractivity contribution is 6.34. The van der Waals surface area contributed by atoms with Crippen LogP contribution in [0.1, 0.15) is 158 Å². The smallest absolute Gasteiger partial charge is 0.305 e. The lowest BCUT2D eigenvalue weighted by Crippen LogP contribution is -2.16. The first kappa shape index (κ1) is 59.7. The second-order valence-electron chi connectivity index (χ2n) is 25.3. The van der Waals surface area contributed by atoms with E-state index in [9.17, 15) is 19.8 Å². The molecule has 14 heteroatoms. The second kappa shape index (κ2) is 23.0. The molecule has 1 aromatic rings. The standard InChI is InChI=1S/C76H78N8O6/c1-15-45-35(5)54-31-60-47(17-3)37(7)69(81-60)51(70-39(9)49(25-27-64(87)89-13)73(83-70)52-29-62(85)66-41(11)56(79-75(52)66)33-58(45)77-54)24-21-43-19-22-44(23-20-43)68-71-38(8)48(18-4)61(82-71)32-55-36(6)46(16-2)59(78-55)34-57-42(12)67-63(86)30-53(76(67)80-57)74-50(26-28-65(88)90-14)40(10)72(68)84-74/h19-20,22-23,31-34,39-40,49-50,83-86H,15-18,25-30H2,1-14H3/t39-,40-,49-,50-/m0/s1. The van der Waals surface area contributed by atoms with E-state index in [-0.39, 0.29) is 60.0 Å². The highest BCUT2D eigenvalue weighted by atomic mass is 16.5. The number of rotatable bonds is 11. The summed E-state index contributed by atoms with van der Waals surface area (Å²) in [4.78, 5) is 58.4. The van der Waals surface area contributed by atoms with Crippen LogP contribution in [0.5, 0.6) is 0 Å². The number of aliphatic hydroxyl groups is 2. The normalized spacial score (nSPS) is 24.1. The fourth-order valence-corrected chi connectivity index (χ4v) is 15.6. The molecule has 2 fully saturated rings. The zero-order valence-electron chi connectivity index (χ0n) is 54.2. The Hall–Kier alpha value is -9.22. The first-order valence-corrected chi connectivity index (χ1v) is 32.1. The van der Waals surface area contributed by atoms with Crippen molar-refractivity contribution >= 4 is 51.8 Å². The molecule has 2 aliphatic carbocycles. The summed E-state index contributed by atoms with van der Waals surface area (Å²) in [6.45, 7) is 25.7. The summed E-state index contributed by atoms with van der Waals surface area (Å²) in [5.41, 5.74) is 30.9. The van der Waals surface area contributed by atoms with Crippen LogP contribution < -0.4 is 10.6 Å². The molecule has 90 heavy (non-hydrogen) atoms. The van der Waals surface area contributed by atoms with Gasteiger partial charge in [-0.1, -0.05) is 65.5 Å².